The molecule has 1 aromatic heterocycles. The maximum Gasteiger partial charge on any atom is 0.0185 e. The van der Waals surface area contributed by atoms with Gasteiger partial charge in [0.15, 0.2) is 0 Å². The molecule has 0 saturated carbocycles. The molecule has 0 aromatic carbocycles. The molecule has 0 N–H and O–H groups in total. The van der Waals surface area contributed by atoms with Crippen LogP contribution in [0.3, 0.4) is 0 Å². The van der Waals surface area contributed by atoms with Gasteiger partial charge >= 0.3 is 0 Å². The van der Waals surface area contributed by atoms with Crippen LogP contribution >= 0.6 is 23.2 Å². The zero-order valence-corrected chi connectivity index (χ0v) is 9.11. The zero-order valence-electron chi connectivity index (χ0n) is 4.32. The van der Waals surface area contributed by atoms with E-state index in [1.54, 1.807) is 0 Å². The van der Waals surface area contributed by atoms with Gasteiger partial charge in [-0.05, 0) is 0 Å². The summed E-state index contributed by atoms with van der Waals surface area (Å²) in [6, 6.07) is 2.45. The van der Waals surface area contributed by atoms with E-state index in [-0.39, 0.29) is 49.3 Å². The van der Waals surface area contributed by atoms with Crippen LogP contribution in [0.4, 0.5) is 0 Å². The van der Waals surface area contributed by atoms with Crippen LogP contribution in [0.15, 0.2) is 0 Å². The molecular formula is C4Cl2N2Rh2-2. The Morgan fingerprint density at radius 2 is 1.40 bits per heavy atom. The third-order valence-electron chi connectivity index (χ3n) is 0.503. The summed E-state index contributed by atoms with van der Waals surface area (Å²) >= 11 is 10.6. The molecule has 0 bridgehead atoms. The van der Waals surface area contributed by atoms with Gasteiger partial charge in [0.25, 0.3) is 0 Å². The van der Waals surface area contributed by atoms with E-state index in [0.717, 1.165) is 0 Å². The summed E-state index contributed by atoms with van der Waals surface area (Å²) in [6.45, 7) is 0. The van der Waals surface area contributed by atoms with E-state index in [1.807, 2.05) is 0 Å². The molecule has 0 amide bonds. The summed E-state index contributed by atoms with van der Waals surface area (Å²) in [7, 11) is 0. The quantitative estimate of drug-likeness (QED) is 0.400. The minimum absolute atomic E-state index is 0. The molecule has 0 aliphatic heterocycles. The first kappa shape index (κ1) is 13.5. The Kier molecular flexibility index (Phi) is 8.91. The molecule has 10 heavy (non-hydrogen) atoms. The summed E-state index contributed by atoms with van der Waals surface area (Å²) < 4.78 is 0. The van der Waals surface area contributed by atoms with E-state index in [9.17, 15) is 0 Å². The summed E-state index contributed by atoms with van der Waals surface area (Å²) in [4.78, 5) is 6.86. The Labute approximate surface area is 94.2 Å². The Hall–Kier alpha value is 0.907. The summed E-state index contributed by atoms with van der Waals surface area (Å²) in [6.07, 6.45) is 2.23. The molecule has 2 radical (unpaired) electrons. The SMILES string of the molecule is Clc1[c-]c(Cl)n[c-]n1.[Rh].[Rh]. The van der Waals surface area contributed by atoms with Crippen molar-refractivity contribution < 1.29 is 39.0 Å². The third-order valence-corrected chi connectivity index (χ3v) is 0.861. The number of hydrogen-bond donors (Lipinski definition) is 0. The first-order valence-electron chi connectivity index (χ1n) is 1.77. The number of aromatic nitrogens is 2. The van der Waals surface area contributed by atoms with Crippen molar-refractivity contribution >= 4 is 23.2 Å². The van der Waals surface area contributed by atoms with Crippen LogP contribution in [-0.2, 0) is 39.0 Å². The fourth-order valence-electron chi connectivity index (χ4n) is 0.254. The second-order valence-electron chi connectivity index (χ2n) is 1.03. The molecule has 0 aliphatic carbocycles. The normalized spacial score (nSPS) is 7.40. The van der Waals surface area contributed by atoms with E-state index >= 15 is 0 Å². The van der Waals surface area contributed by atoms with E-state index in [4.69, 9.17) is 23.2 Å². The van der Waals surface area contributed by atoms with Crippen molar-refractivity contribution in [3.05, 3.63) is 22.7 Å². The van der Waals surface area contributed by atoms with Gasteiger partial charge in [-0.25, -0.2) is 0 Å². The second-order valence-corrected chi connectivity index (χ2v) is 1.75. The van der Waals surface area contributed by atoms with Crippen LogP contribution in [0.25, 0.3) is 0 Å². The Morgan fingerprint density at radius 3 is 1.60 bits per heavy atom. The summed E-state index contributed by atoms with van der Waals surface area (Å²) in [5.74, 6) is 0. The van der Waals surface area contributed by atoms with Gasteiger partial charge in [-0.1, -0.05) is 0 Å². The predicted molar refractivity (Wildman–Crippen MR) is 29.7 cm³/mol. The molecule has 0 atom stereocenters. The van der Waals surface area contributed by atoms with Crippen molar-refractivity contribution in [2.75, 3.05) is 0 Å². The summed E-state index contributed by atoms with van der Waals surface area (Å²) in [5, 5.41) is 0.370. The van der Waals surface area contributed by atoms with Crippen LogP contribution in [0.2, 0.25) is 10.3 Å². The largest absolute Gasteiger partial charge is 0.538 e. The Bertz CT molecular complexity index is 179. The molecule has 0 aliphatic rings. The molecule has 0 spiro atoms. The first-order chi connectivity index (χ1) is 3.79. The number of hydrogen-bond acceptors (Lipinski definition) is 2. The maximum atomic E-state index is 5.32. The Balaban J connectivity index is 0. The molecular weight excluding hydrogens is 353 g/mol. The summed E-state index contributed by atoms with van der Waals surface area (Å²) in [5.41, 5.74) is 0. The van der Waals surface area contributed by atoms with Crippen LogP contribution < -0.4 is 0 Å². The van der Waals surface area contributed by atoms with Gasteiger partial charge in [-0.15, -0.1) is 0 Å². The predicted octanol–water partition coefficient (Wildman–Crippen LogP) is 1.38. The topological polar surface area (TPSA) is 25.8 Å². The molecule has 2 nitrogen and oxygen atoms in total. The zero-order chi connectivity index (χ0) is 5.98. The smallest absolute Gasteiger partial charge is 0.0185 e. The first-order valence-corrected chi connectivity index (χ1v) is 2.53. The van der Waals surface area contributed by atoms with Crippen molar-refractivity contribution in [1.29, 1.82) is 0 Å². The fourth-order valence-corrected chi connectivity index (χ4v) is 0.557. The molecule has 1 rings (SSSR count). The van der Waals surface area contributed by atoms with Gasteiger partial charge in [0, 0.05) is 45.3 Å². The molecule has 60 valence electrons. The van der Waals surface area contributed by atoms with Crippen LogP contribution in [0.5, 0.6) is 0 Å². The van der Waals surface area contributed by atoms with Crippen molar-refractivity contribution in [3.8, 4) is 0 Å². The van der Waals surface area contributed by atoms with E-state index in [0.29, 0.717) is 0 Å². The average Bonchev–Trinajstić information content (AvgIpc) is 1.64. The van der Waals surface area contributed by atoms with Crippen LogP contribution in [-0.4, -0.2) is 9.97 Å². The fraction of sp³-hybridized carbons (Fsp3) is 0. The third kappa shape index (κ3) is 4.68. The minimum atomic E-state index is 0. The molecule has 6 heteroatoms. The number of nitrogens with zero attached hydrogens (tertiary/aromatic N) is 2. The Morgan fingerprint density at radius 1 is 1.00 bits per heavy atom. The molecule has 1 heterocycles. The number of rotatable bonds is 0. The molecule has 0 fully saturated rings. The average molecular weight is 353 g/mol. The molecule has 0 unspecified atom stereocenters. The van der Waals surface area contributed by atoms with Gasteiger partial charge < -0.3 is 16.0 Å². The standard InChI is InChI=1S/C4Cl2N2.2Rh/c5-3-1-4(6)8-2-7-3;;/q-2;;. The van der Waals surface area contributed by atoms with Crippen molar-refractivity contribution in [3.63, 3.8) is 0 Å². The molecule has 1 aromatic rings. The van der Waals surface area contributed by atoms with Gasteiger partial charge in [0.05, 0.1) is 0 Å². The van der Waals surface area contributed by atoms with Gasteiger partial charge in [-0.3, -0.25) is 0 Å². The van der Waals surface area contributed by atoms with Crippen molar-refractivity contribution in [2.24, 2.45) is 0 Å². The van der Waals surface area contributed by atoms with Crippen LogP contribution in [0, 0.1) is 12.4 Å². The van der Waals surface area contributed by atoms with Crippen LogP contribution in [0.1, 0.15) is 0 Å². The van der Waals surface area contributed by atoms with E-state index < -0.39 is 0 Å². The monoisotopic (exact) mass is 352 g/mol. The molecule has 0 saturated heterocycles. The van der Waals surface area contributed by atoms with E-state index in [2.05, 4.69) is 22.4 Å². The van der Waals surface area contributed by atoms with E-state index in [1.165, 1.54) is 0 Å². The number of halogens is 2. The van der Waals surface area contributed by atoms with Gasteiger partial charge in [0.1, 0.15) is 0 Å². The second kappa shape index (κ2) is 6.61. The van der Waals surface area contributed by atoms with Crippen molar-refractivity contribution in [1.82, 2.24) is 9.97 Å². The minimum Gasteiger partial charge on any atom is -0.538 e. The van der Waals surface area contributed by atoms with Crippen molar-refractivity contribution in [2.45, 2.75) is 0 Å². The van der Waals surface area contributed by atoms with Gasteiger partial charge in [0.2, 0.25) is 0 Å². The maximum absolute atomic E-state index is 5.32. The van der Waals surface area contributed by atoms with Gasteiger partial charge in [-0.2, -0.15) is 33.5 Å².